The molecular weight excluding hydrogens is 577 g/mol. The Bertz CT molecular complexity index is 1560. The highest BCUT2D eigenvalue weighted by molar-refractivity contribution is 6.35. The average molecular weight is 613 g/mol. The third-order valence-corrected chi connectivity index (χ3v) is 8.71. The Kier molecular flexibility index (Phi) is 10.2. The van der Waals surface area contributed by atoms with Crippen LogP contribution >= 0.6 is 23.2 Å². The fourth-order valence-corrected chi connectivity index (χ4v) is 6.27. The number of anilines is 1. The Labute approximate surface area is 264 Å². The number of nitriles is 1. The van der Waals surface area contributed by atoms with Gasteiger partial charge >= 0.3 is 0 Å². The molecule has 1 aliphatic heterocycles. The molecule has 1 amide bonds. The molecule has 4 aromatic carbocycles. The lowest BCUT2D eigenvalue weighted by molar-refractivity contribution is -0.134. The lowest BCUT2D eigenvalue weighted by Crippen LogP contribution is -2.45. The highest BCUT2D eigenvalue weighted by atomic mass is 35.5. The molecule has 1 fully saturated rings. The molecule has 1 saturated heterocycles. The van der Waals surface area contributed by atoms with E-state index in [0.29, 0.717) is 27.2 Å². The van der Waals surface area contributed by atoms with E-state index in [4.69, 9.17) is 27.9 Å². The second kappa shape index (κ2) is 14.2. The fourth-order valence-electron chi connectivity index (χ4n) is 5.74. The number of likely N-dealkylation sites (tertiary alicyclic amines) is 1. The monoisotopic (exact) mass is 611 g/mol. The Morgan fingerprint density at radius 2 is 1.63 bits per heavy atom. The normalized spacial score (nSPS) is 15.4. The number of piperidine rings is 1. The van der Waals surface area contributed by atoms with Gasteiger partial charge in [0.1, 0.15) is 6.61 Å². The molecule has 0 aliphatic carbocycles. The molecule has 0 saturated carbocycles. The highest BCUT2D eigenvalue weighted by Gasteiger charge is 2.38. The van der Waals surface area contributed by atoms with E-state index in [-0.39, 0.29) is 12.5 Å². The lowest BCUT2D eigenvalue weighted by atomic mass is 9.83. The van der Waals surface area contributed by atoms with Gasteiger partial charge in [-0.2, -0.15) is 5.26 Å². The molecule has 43 heavy (non-hydrogen) atoms. The van der Waals surface area contributed by atoms with Crippen LogP contribution in [0.5, 0.6) is 0 Å². The molecule has 4 aromatic rings. The summed E-state index contributed by atoms with van der Waals surface area (Å²) in [5.41, 5.74) is 4.99. The molecule has 0 aromatic heterocycles. The fraction of sp³-hybridized carbons (Fsp3) is 0.278. The number of carbonyl (C=O) groups is 1. The summed E-state index contributed by atoms with van der Waals surface area (Å²) >= 11 is 12.2. The molecule has 5 rings (SSSR count). The van der Waals surface area contributed by atoms with Crippen molar-refractivity contribution in [2.24, 2.45) is 0 Å². The first-order valence-electron chi connectivity index (χ1n) is 14.6. The zero-order chi connectivity index (χ0) is 30.2. The zero-order valence-electron chi connectivity index (χ0n) is 24.2. The van der Waals surface area contributed by atoms with Crippen LogP contribution in [0, 0.1) is 11.3 Å². The summed E-state index contributed by atoms with van der Waals surface area (Å²) in [4.78, 5) is 15.5. The van der Waals surface area contributed by atoms with Crippen LogP contribution < -0.4 is 5.32 Å². The molecule has 1 atom stereocenters. The number of carbonyl (C=O) groups excluding carboxylic acids is 1. The number of nitrogens with one attached hydrogen (secondary N) is 1. The topological polar surface area (TPSA) is 65.4 Å². The maximum absolute atomic E-state index is 13.0. The van der Waals surface area contributed by atoms with Gasteiger partial charge in [0.25, 0.3) is 0 Å². The number of amides is 1. The Morgan fingerprint density at radius 1 is 0.930 bits per heavy atom. The van der Waals surface area contributed by atoms with E-state index in [1.165, 1.54) is 5.56 Å². The van der Waals surface area contributed by atoms with Crippen molar-refractivity contribution in [3.63, 3.8) is 0 Å². The summed E-state index contributed by atoms with van der Waals surface area (Å²) < 4.78 is 6.53. The van der Waals surface area contributed by atoms with E-state index in [1.54, 1.807) is 24.3 Å². The van der Waals surface area contributed by atoms with E-state index >= 15 is 0 Å². The molecule has 5 nitrogen and oxygen atoms in total. The van der Waals surface area contributed by atoms with Gasteiger partial charge in [0.05, 0.1) is 17.2 Å². The van der Waals surface area contributed by atoms with Crippen LogP contribution in [0.2, 0.25) is 10.0 Å². The summed E-state index contributed by atoms with van der Waals surface area (Å²) in [5.74, 6) is 0.224. The van der Waals surface area contributed by atoms with Crippen LogP contribution in [0.4, 0.5) is 5.69 Å². The molecule has 1 unspecified atom stereocenters. The van der Waals surface area contributed by atoms with E-state index < -0.39 is 5.60 Å². The van der Waals surface area contributed by atoms with Crippen LogP contribution in [0.15, 0.2) is 97.1 Å². The van der Waals surface area contributed by atoms with Crippen molar-refractivity contribution >= 4 is 34.8 Å². The molecule has 0 bridgehead atoms. The van der Waals surface area contributed by atoms with Crippen molar-refractivity contribution in [3.8, 4) is 17.2 Å². The zero-order valence-corrected chi connectivity index (χ0v) is 25.7. The molecular formula is C36H35Cl2N3O2. The first-order chi connectivity index (χ1) is 20.8. The predicted molar refractivity (Wildman–Crippen MR) is 174 cm³/mol. The third kappa shape index (κ3) is 8.04. The van der Waals surface area contributed by atoms with Gasteiger partial charge in [-0.1, -0.05) is 96.9 Å². The largest absolute Gasteiger partial charge is 0.360 e. The predicted octanol–water partition coefficient (Wildman–Crippen LogP) is 8.67. The number of nitrogens with zero attached hydrogens (tertiary/aromatic N) is 2. The Morgan fingerprint density at radius 3 is 2.30 bits per heavy atom. The number of hydrogen-bond acceptors (Lipinski definition) is 4. The van der Waals surface area contributed by atoms with Crippen molar-refractivity contribution in [1.29, 1.82) is 5.26 Å². The van der Waals surface area contributed by atoms with E-state index in [1.807, 2.05) is 18.2 Å². The van der Waals surface area contributed by atoms with Gasteiger partial charge in [0, 0.05) is 28.8 Å². The quantitative estimate of drug-likeness (QED) is 0.195. The van der Waals surface area contributed by atoms with Gasteiger partial charge in [-0.3, -0.25) is 4.79 Å². The summed E-state index contributed by atoms with van der Waals surface area (Å²) in [7, 11) is 0. The Hall–Kier alpha value is -3.66. The van der Waals surface area contributed by atoms with Gasteiger partial charge in [-0.15, -0.1) is 0 Å². The van der Waals surface area contributed by atoms with Crippen molar-refractivity contribution < 1.29 is 9.53 Å². The molecule has 220 valence electrons. The Balaban J connectivity index is 1.29. The third-order valence-electron chi connectivity index (χ3n) is 8.27. The minimum atomic E-state index is -0.599. The van der Waals surface area contributed by atoms with Crippen LogP contribution in [0.1, 0.15) is 48.8 Å². The van der Waals surface area contributed by atoms with E-state index in [0.717, 1.165) is 55.6 Å². The van der Waals surface area contributed by atoms with Crippen LogP contribution in [-0.4, -0.2) is 37.0 Å². The molecule has 1 N–H and O–H groups in total. The van der Waals surface area contributed by atoms with Gasteiger partial charge in [0.15, 0.2) is 0 Å². The van der Waals surface area contributed by atoms with Crippen LogP contribution in [0.25, 0.3) is 11.1 Å². The van der Waals surface area contributed by atoms with Crippen LogP contribution in [-0.2, 0) is 15.1 Å². The van der Waals surface area contributed by atoms with E-state index in [2.05, 4.69) is 77.8 Å². The number of ether oxygens (including phenoxy) is 1. The number of halogens is 2. The second-order valence-electron chi connectivity index (χ2n) is 11.2. The standard InChI is InChI=1S/C36H35Cl2N3O2/c1-26(28-7-3-2-4-8-28)14-17-41-18-15-36(16-19-41,43-25-35(42)40-34-22-32(37)21-33(38)23-34)31-12-10-29(11-13-31)30-9-5-6-27(20-30)24-39/h2-13,20-23,26H,14-19,25H2,1H3,(H,40,42). The SMILES string of the molecule is CC(CCN1CCC(OCC(=O)Nc2cc(Cl)cc(Cl)c2)(c2ccc(-c3cccc(C#N)c3)cc2)CC1)c1ccccc1. The maximum Gasteiger partial charge on any atom is 0.250 e. The van der Waals surface area contributed by atoms with Crippen molar-refractivity contribution in [3.05, 3.63) is 124 Å². The van der Waals surface area contributed by atoms with Gasteiger partial charge in [-0.05, 0) is 84.3 Å². The van der Waals surface area contributed by atoms with Crippen molar-refractivity contribution in [1.82, 2.24) is 4.90 Å². The highest BCUT2D eigenvalue weighted by Crippen LogP contribution is 2.38. The first-order valence-corrected chi connectivity index (χ1v) is 15.4. The van der Waals surface area contributed by atoms with Gasteiger partial charge in [-0.25, -0.2) is 0 Å². The van der Waals surface area contributed by atoms with E-state index in [9.17, 15) is 10.1 Å². The smallest absolute Gasteiger partial charge is 0.250 e. The summed E-state index contributed by atoms with van der Waals surface area (Å²) in [6.07, 6.45) is 2.62. The van der Waals surface area contributed by atoms with Crippen molar-refractivity contribution in [2.45, 2.75) is 37.7 Å². The molecule has 0 radical (unpaired) electrons. The second-order valence-corrected chi connectivity index (χ2v) is 12.1. The molecule has 1 aliphatic rings. The lowest BCUT2D eigenvalue weighted by Gasteiger charge is -2.42. The maximum atomic E-state index is 13.0. The summed E-state index contributed by atoms with van der Waals surface area (Å²) in [6.45, 7) is 4.95. The summed E-state index contributed by atoms with van der Waals surface area (Å²) in [6, 6.07) is 33.7. The first kappa shape index (κ1) is 30.8. The summed E-state index contributed by atoms with van der Waals surface area (Å²) in [5, 5.41) is 13.1. The number of rotatable bonds is 10. The molecule has 1 heterocycles. The van der Waals surface area contributed by atoms with Gasteiger partial charge in [0.2, 0.25) is 5.91 Å². The minimum absolute atomic E-state index is 0.0961. The molecule has 7 heteroatoms. The van der Waals surface area contributed by atoms with Crippen LogP contribution in [0.3, 0.4) is 0 Å². The number of hydrogen-bond donors (Lipinski definition) is 1. The average Bonchev–Trinajstić information content (AvgIpc) is 3.03. The van der Waals surface area contributed by atoms with Crippen molar-refractivity contribution in [2.75, 3.05) is 31.6 Å². The molecule has 0 spiro atoms. The number of benzene rings is 4. The minimum Gasteiger partial charge on any atom is -0.360 e. The van der Waals surface area contributed by atoms with Gasteiger partial charge < -0.3 is 15.0 Å².